The second-order valence-corrected chi connectivity index (χ2v) is 7.94. The average Bonchev–Trinajstić information content (AvgIpc) is 3.21. The van der Waals surface area contributed by atoms with Crippen molar-refractivity contribution < 1.29 is 4.39 Å². The van der Waals surface area contributed by atoms with E-state index in [9.17, 15) is 4.39 Å². The van der Waals surface area contributed by atoms with Crippen LogP contribution in [0.2, 0.25) is 0 Å². The minimum absolute atomic E-state index is 0.249. The SMILES string of the molecule is Cc1ccccc1N1CCN(c2nnc(C)c3nnn(Cc4ccc(F)cc4)c23)CC1. The van der Waals surface area contributed by atoms with Crippen molar-refractivity contribution in [1.82, 2.24) is 25.2 Å². The Kier molecular flexibility index (Phi) is 4.97. The van der Waals surface area contributed by atoms with E-state index >= 15 is 0 Å². The highest BCUT2D eigenvalue weighted by Gasteiger charge is 2.24. The first-order valence-electron chi connectivity index (χ1n) is 10.5. The Hall–Kier alpha value is -3.55. The van der Waals surface area contributed by atoms with Crippen LogP contribution >= 0.6 is 0 Å². The molecule has 2 aromatic heterocycles. The molecule has 0 N–H and O–H groups in total. The van der Waals surface area contributed by atoms with Crippen LogP contribution in [0.3, 0.4) is 0 Å². The van der Waals surface area contributed by atoms with E-state index in [0.717, 1.165) is 54.3 Å². The minimum Gasteiger partial charge on any atom is -0.368 e. The van der Waals surface area contributed by atoms with Gasteiger partial charge >= 0.3 is 0 Å². The Labute approximate surface area is 180 Å². The van der Waals surface area contributed by atoms with Gasteiger partial charge in [0.2, 0.25) is 0 Å². The molecule has 0 amide bonds. The fourth-order valence-corrected chi connectivity index (χ4v) is 4.16. The van der Waals surface area contributed by atoms with E-state index in [1.54, 1.807) is 12.1 Å². The zero-order valence-corrected chi connectivity index (χ0v) is 17.7. The molecule has 0 unspecified atom stereocenters. The van der Waals surface area contributed by atoms with Crippen molar-refractivity contribution in [3.05, 3.63) is 71.2 Å². The summed E-state index contributed by atoms with van der Waals surface area (Å²) in [5.74, 6) is 0.554. The summed E-state index contributed by atoms with van der Waals surface area (Å²) in [5, 5.41) is 17.6. The number of hydrogen-bond donors (Lipinski definition) is 0. The largest absolute Gasteiger partial charge is 0.368 e. The standard InChI is InChI=1S/C23H24FN7/c1-16-5-3-4-6-20(16)29-11-13-30(14-12-29)23-22-21(17(2)25-27-23)26-28-31(22)15-18-7-9-19(24)10-8-18/h3-10H,11-15H2,1-2H3. The highest BCUT2D eigenvalue weighted by atomic mass is 19.1. The summed E-state index contributed by atoms with van der Waals surface area (Å²) in [5.41, 5.74) is 5.91. The average molecular weight is 417 g/mol. The van der Waals surface area contributed by atoms with Gasteiger partial charge in [0.05, 0.1) is 12.2 Å². The minimum atomic E-state index is -0.249. The first kappa shape index (κ1) is 19.4. The van der Waals surface area contributed by atoms with Gasteiger partial charge in [-0.15, -0.1) is 10.2 Å². The fourth-order valence-electron chi connectivity index (χ4n) is 4.16. The van der Waals surface area contributed by atoms with Gasteiger partial charge in [0.1, 0.15) is 16.9 Å². The summed E-state index contributed by atoms with van der Waals surface area (Å²) in [6.45, 7) is 8.02. The zero-order chi connectivity index (χ0) is 21.4. The Morgan fingerprint density at radius 3 is 2.29 bits per heavy atom. The molecule has 0 atom stereocenters. The van der Waals surface area contributed by atoms with Gasteiger partial charge in [0.15, 0.2) is 5.82 Å². The number of aromatic nitrogens is 5. The molecule has 1 saturated heterocycles. The molecule has 31 heavy (non-hydrogen) atoms. The molecule has 0 spiro atoms. The summed E-state index contributed by atoms with van der Waals surface area (Å²) in [6, 6.07) is 15.0. The molecular formula is C23H24FN7. The third-order valence-corrected chi connectivity index (χ3v) is 5.87. The molecule has 158 valence electrons. The van der Waals surface area contributed by atoms with Crippen LogP contribution in [-0.4, -0.2) is 51.4 Å². The van der Waals surface area contributed by atoms with Crippen molar-refractivity contribution in [1.29, 1.82) is 0 Å². The second kappa shape index (κ2) is 7.94. The molecule has 7 nitrogen and oxygen atoms in total. The van der Waals surface area contributed by atoms with E-state index in [2.05, 4.69) is 61.5 Å². The molecule has 1 fully saturated rings. The molecular weight excluding hydrogens is 393 g/mol. The molecule has 1 aliphatic rings. The Morgan fingerprint density at radius 2 is 1.55 bits per heavy atom. The van der Waals surface area contributed by atoms with Crippen LogP contribution in [0.1, 0.15) is 16.8 Å². The topological polar surface area (TPSA) is 63.0 Å². The van der Waals surface area contributed by atoms with Crippen LogP contribution in [0, 0.1) is 19.7 Å². The Balaban J connectivity index is 1.43. The van der Waals surface area contributed by atoms with Gasteiger partial charge in [-0.2, -0.15) is 5.10 Å². The van der Waals surface area contributed by atoms with Gasteiger partial charge < -0.3 is 9.80 Å². The number of anilines is 2. The van der Waals surface area contributed by atoms with E-state index in [1.807, 2.05) is 11.6 Å². The number of para-hydroxylation sites is 1. The van der Waals surface area contributed by atoms with E-state index < -0.39 is 0 Å². The smallest absolute Gasteiger partial charge is 0.179 e. The van der Waals surface area contributed by atoms with Crippen LogP contribution in [0.5, 0.6) is 0 Å². The van der Waals surface area contributed by atoms with Crippen molar-refractivity contribution in [3.8, 4) is 0 Å². The molecule has 4 aromatic rings. The van der Waals surface area contributed by atoms with E-state index in [4.69, 9.17) is 0 Å². The van der Waals surface area contributed by atoms with Crippen LogP contribution in [0.25, 0.3) is 11.0 Å². The molecule has 3 heterocycles. The highest BCUT2D eigenvalue weighted by molar-refractivity contribution is 5.87. The molecule has 5 rings (SSSR count). The number of halogens is 1. The van der Waals surface area contributed by atoms with Crippen LogP contribution < -0.4 is 9.80 Å². The van der Waals surface area contributed by atoms with E-state index in [-0.39, 0.29) is 5.82 Å². The van der Waals surface area contributed by atoms with Gasteiger partial charge in [-0.1, -0.05) is 35.5 Å². The van der Waals surface area contributed by atoms with Crippen LogP contribution in [0.4, 0.5) is 15.9 Å². The zero-order valence-electron chi connectivity index (χ0n) is 17.7. The highest BCUT2D eigenvalue weighted by Crippen LogP contribution is 2.27. The van der Waals surface area contributed by atoms with Gasteiger partial charge in [-0.05, 0) is 43.2 Å². The number of rotatable bonds is 4. The quantitative estimate of drug-likeness (QED) is 0.508. The molecule has 1 aliphatic heterocycles. The summed E-state index contributed by atoms with van der Waals surface area (Å²) in [4.78, 5) is 4.67. The maximum absolute atomic E-state index is 13.3. The molecule has 0 radical (unpaired) electrons. The van der Waals surface area contributed by atoms with Crippen molar-refractivity contribution in [3.63, 3.8) is 0 Å². The predicted molar refractivity (Wildman–Crippen MR) is 119 cm³/mol. The molecule has 0 aliphatic carbocycles. The summed E-state index contributed by atoms with van der Waals surface area (Å²) in [6.07, 6.45) is 0. The van der Waals surface area contributed by atoms with Crippen LogP contribution in [-0.2, 0) is 6.54 Å². The number of benzene rings is 2. The lowest BCUT2D eigenvalue weighted by Gasteiger charge is -2.37. The Morgan fingerprint density at radius 1 is 0.839 bits per heavy atom. The lowest BCUT2D eigenvalue weighted by molar-refractivity contribution is 0.622. The Bertz CT molecular complexity index is 1210. The predicted octanol–water partition coefficient (Wildman–Crippen LogP) is 3.35. The molecule has 0 bridgehead atoms. The van der Waals surface area contributed by atoms with Crippen molar-refractivity contribution in [2.75, 3.05) is 36.0 Å². The maximum atomic E-state index is 13.3. The van der Waals surface area contributed by atoms with Gasteiger partial charge in [0, 0.05) is 31.9 Å². The number of hydrogen-bond acceptors (Lipinski definition) is 6. The second-order valence-electron chi connectivity index (χ2n) is 7.94. The maximum Gasteiger partial charge on any atom is 0.179 e. The normalized spacial score (nSPS) is 14.4. The van der Waals surface area contributed by atoms with E-state index in [0.29, 0.717) is 6.54 Å². The third-order valence-electron chi connectivity index (χ3n) is 5.87. The van der Waals surface area contributed by atoms with Crippen molar-refractivity contribution in [2.45, 2.75) is 20.4 Å². The lowest BCUT2D eigenvalue weighted by atomic mass is 10.1. The van der Waals surface area contributed by atoms with Gasteiger partial charge in [-0.25, -0.2) is 9.07 Å². The van der Waals surface area contributed by atoms with Crippen molar-refractivity contribution >= 4 is 22.5 Å². The van der Waals surface area contributed by atoms with Gasteiger partial charge in [-0.3, -0.25) is 0 Å². The summed E-state index contributed by atoms with van der Waals surface area (Å²) in [7, 11) is 0. The van der Waals surface area contributed by atoms with Gasteiger partial charge in [0.25, 0.3) is 0 Å². The molecule has 8 heteroatoms. The number of fused-ring (bicyclic) bond motifs is 1. The van der Waals surface area contributed by atoms with Crippen LogP contribution in [0.15, 0.2) is 48.5 Å². The summed E-state index contributed by atoms with van der Waals surface area (Å²) >= 11 is 0. The first-order valence-corrected chi connectivity index (χ1v) is 10.5. The third kappa shape index (κ3) is 3.69. The fraction of sp³-hybridized carbons (Fsp3) is 0.304. The number of nitrogens with zero attached hydrogens (tertiary/aromatic N) is 7. The monoisotopic (exact) mass is 417 g/mol. The molecule has 2 aromatic carbocycles. The lowest BCUT2D eigenvalue weighted by Crippen LogP contribution is -2.47. The number of aryl methyl sites for hydroxylation is 2. The molecule has 0 saturated carbocycles. The summed E-state index contributed by atoms with van der Waals surface area (Å²) < 4.78 is 15.1. The van der Waals surface area contributed by atoms with Crippen molar-refractivity contribution in [2.24, 2.45) is 0 Å². The van der Waals surface area contributed by atoms with E-state index in [1.165, 1.54) is 23.4 Å². The number of piperazine rings is 1. The first-order chi connectivity index (χ1) is 15.1.